The van der Waals surface area contributed by atoms with E-state index in [9.17, 15) is 47.9 Å². The Hall–Kier alpha value is -6.24. The summed E-state index contributed by atoms with van der Waals surface area (Å²) in [6.45, 7) is 12.5. The number of carbonyl (C=O) groups excluding carboxylic acids is 10. The fourth-order valence-electron chi connectivity index (χ4n) is 10.4. The summed E-state index contributed by atoms with van der Waals surface area (Å²) in [6, 6.07) is 13.4. The molecule has 1 fully saturated rings. The van der Waals surface area contributed by atoms with E-state index in [1.807, 2.05) is 58.0 Å². The Balaban J connectivity index is 1.22. The lowest BCUT2D eigenvalue weighted by atomic mass is 9.90. The van der Waals surface area contributed by atoms with E-state index in [2.05, 4.69) is 58.4 Å². The lowest BCUT2D eigenvalue weighted by molar-refractivity contribution is -0.146. The van der Waals surface area contributed by atoms with Crippen molar-refractivity contribution in [1.29, 1.82) is 0 Å². The zero-order chi connectivity index (χ0) is 61.7. The van der Waals surface area contributed by atoms with Crippen LogP contribution in [0.3, 0.4) is 0 Å². The van der Waals surface area contributed by atoms with Crippen molar-refractivity contribution >= 4 is 96.8 Å². The van der Waals surface area contributed by atoms with Crippen molar-refractivity contribution in [3.63, 3.8) is 0 Å². The lowest BCUT2D eigenvalue weighted by Gasteiger charge is -2.39. The van der Waals surface area contributed by atoms with Gasteiger partial charge in [0, 0.05) is 59.6 Å². The van der Waals surface area contributed by atoms with Gasteiger partial charge in [-0.2, -0.15) is 0 Å². The van der Waals surface area contributed by atoms with Gasteiger partial charge in [-0.05, 0) is 113 Å². The molecule has 4 rings (SSSR count). The molecule has 5 N–H and O–H groups in total. The number of nitrogens with zero attached hydrogens (tertiary/aromatic N) is 4. The minimum absolute atomic E-state index is 0.0371. The van der Waals surface area contributed by atoms with E-state index in [0.29, 0.717) is 56.3 Å². The smallest absolute Gasteiger partial charge is 0.410 e. The number of benzene rings is 2. The Morgan fingerprint density at radius 1 is 0.735 bits per heavy atom. The summed E-state index contributed by atoms with van der Waals surface area (Å²) in [6.07, 6.45) is 2.30. The van der Waals surface area contributed by atoms with Crippen LogP contribution < -0.4 is 26.6 Å². The number of carbonyl (C=O) groups is 10. The number of hydrogen-bond acceptors (Lipinski definition) is 13. The van der Waals surface area contributed by atoms with Gasteiger partial charge < -0.3 is 50.6 Å². The normalized spacial score (nSPS) is 17.2. The van der Waals surface area contributed by atoms with Crippen molar-refractivity contribution in [2.45, 2.75) is 155 Å². The van der Waals surface area contributed by atoms with Gasteiger partial charge >= 0.3 is 6.09 Å². The maximum atomic E-state index is 14.3. The monoisotopic (exact) mass is 1290 g/mol. The summed E-state index contributed by atoms with van der Waals surface area (Å²) in [5, 5.41) is 13.6. The second-order valence-corrected chi connectivity index (χ2v) is 23.4. The van der Waals surface area contributed by atoms with E-state index in [0.717, 1.165) is 16.9 Å². The first kappa shape index (κ1) is 69.3. The number of likely N-dealkylation sites (tertiary alicyclic amines) is 1. The van der Waals surface area contributed by atoms with Gasteiger partial charge in [-0.25, -0.2) is 4.79 Å². The molecule has 458 valence electrons. The molecule has 2 aliphatic rings. The van der Waals surface area contributed by atoms with Gasteiger partial charge in [-0.15, -0.1) is 0 Å². The van der Waals surface area contributed by atoms with Gasteiger partial charge in [0.15, 0.2) is 0 Å². The first-order chi connectivity index (χ1) is 39.3. The molecule has 24 heteroatoms. The van der Waals surface area contributed by atoms with E-state index in [1.54, 1.807) is 57.2 Å². The predicted molar refractivity (Wildman–Crippen MR) is 319 cm³/mol. The van der Waals surface area contributed by atoms with E-state index >= 15 is 0 Å². The quantitative estimate of drug-likeness (QED) is 0.0445. The standard InChI is InChI=1S/C59H85Br2N9O13/c1-12-36(4)52(44(81-10)31-47(73)69-29-19-22-43(69)53(82-11)38(6)54(75)64-37(5)30-40-20-15-13-16-21-40)67(8)48(74)33-63-56(77)51(35(2)3)68(9)59(80)83-34-41-24-26-42(27-25-41)66-55(76)39(7)65-46(72)32-62-45(71)23-17-14-18-28-70-57(78)49(60)50(61)58(70)79/h13,15-16,20-21,24-27,35-39,43-44,51-53H,12,14,17-19,22-23,28-34H2,1-11H3,(H,62,71)(H,63,77)(H,64,75)(H,65,72)(H,66,76)/t36-,37+,38-,39-,43+,44-,51?,52+,53-/m1/s1. The number of amides is 10. The number of unbranched alkanes of at least 4 members (excludes halogenated alkanes) is 2. The van der Waals surface area contributed by atoms with Crippen LogP contribution in [0.5, 0.6) is 0 Å². The molecule has 2 aliphatic heterocycles. The summed E-state index contributed by atoms with van der Waals surface area (Å²) in [5.74, 6) is -4.70. The number of rotatable bonds is 32. The molecule has 0 saturated carbocycles. The summed E-state index contributed by atoms with van der Waals surface area (Å²) >= 11 is 6.17. The fraction of sp³-hybridized carbons (Fsp3) is 0.593. The molecule has 0 bridgehead atoms. The molecule has 1 unspecified atom stereocenters. The fourth-order valence-corrected chi connectivity index (χ4v) is 11.2. The third kappa shape index (κ3) is 20.2. The van der Waals surface area contributed by atoms with Crippen molar-refractivity contribution in [3.05, 3.63) is 74.7 Å². The zero-order valence-electron chi connectivity index (χ0n) is 49.7. The van der Waals surface area contributed by atoms with E-state index < -0.39 is 84.3 Å². The number of methoxy groups -OCH3 is 2. The predicted octanol–water partition coefficient (Wildman–Crippen LogP) is 5.55. The van der Waals surface area contributed by atoms with Gasteiger partial charge in [0.05, 0.1) is 49.7 Å². The van der Waals surface area contributed by atoms with Crippen LogP contribution in [0.15, 0.2) is 63.6 Å². The second-order valence-electron chi connectivity index (χ2n) is 21.8. The minimum Gasteiger partial charge on any atom is -0.445 e. The summed E-state index contributed by atoms with van der Waals surface area (Å²) in [7, 11) is 6.12. The third-order valence-electron chi connectivity index (χ3n) is 15.2. The molecule has 9 atom stereocenters. The van der Waals surface area contributed by atoms with Gasteiger partial charge in [-0.1, -0.05) is 89.9 Å². The highest BCUT2D eigenvalue weighted by molar-refractivity contribution is 9.14. The molecular formula is C59H85Br2N9O13. The van der Waals surface area contributed by atoms with Gasteiger partial charge in [-0.3, -0.25) is 53.0 Å². The van der Waals surface area contributed by atoms with Gasteiger partial charge in [0.2, 0.25) is 41.4 Å². The molecule has 22 nitrogen and oxygen atoms in total. The molecule has 0 aliphatic carbocycles. The molecule has 1 saturated heterocycles. The number of hydrogen-bond donors (Lipinski definition) is 5. The van der Waals surface area contributed by atoms with Crippen LogP contribution in [0.4, 0.5) is 10.5 Å². The highest BCUT2D eigenvalue weighted by atomic mass is 79.9. The van der Waals surface area contributed by atoms with E-state index in [-0.39, 0.29) is 83.1 Å². The van der Waals surface area contributed by atoms with Crippen LogP contribution in [0.2, 0.25) is 0 Å². The molecule has 83 heavy (non-hydrogen) atoms. The average Bonchev–Trinajstić information content (AvgIpc) is 4.19. The molecule has 0 radical (unpaired) electrons. The Morgan fingerprint density at radius 3 is 1.99 bits per heavy atom. The number of ether oxygens (including phenoxy) is 3. The number of imide groups is 1. The Labute approximate surface area is 504 Å². The Morgan fingerprint density at radius 2 is 1.39 bits per heavy atom. The molecule has 0 aromatic heterocycles. The van der Waals surface area contributed by atoms with Crippen molar-refractivity contribution in [1.82, 2.24) is 40.9 Å². The molecule has 10 amide bonds. The van der Waals surface area contributed by atoms with Crippen molar-refractivity contribution < 1.29 is 62.2 Å². The van der Waals surface area contributed by atoms with Crippen molar-refractivity contribution in [2.75, 3.05) is 59.8 Å². The molecule has 0 spiro atoms. The van der Waals surface area contributed by atoms with Crippen LogP contribution in [-0.4, -0.2) is 176 Å². The van der Waals surface area contributed by atoms with E-state index in [1.165, 1.54) is 30.9 Å². The van der Waals surface area contributed by atoms with Crippen LogP contribution in [-0.2, 0) is 70.4 Å². The Bertz CT molecular complexity index is 2580. The first-order valence-corrected chi connectivity index (χ1v) is 29.9. The number of halogens is 2. The van der Waals surface area contributed by atoms with Crippen LogP contribution in [0.1, 0.15) is 111 Å². The Kier molecular flexibility index (Phi) is 28.3. The highest BCUT2D eigenvalue weighted by Gasteiger charge is 2.43. The zero-order valence-corrected chi connectivity index (χ0v) is 52.9. The summed E-state index contributed by atoms with van der Waals surface area (Å²) in [4.78, 5) is 136. The molecule has 2 heterocycles. The van der Waals surface area contributed by atoms with Gasteiger partial charge in [0.1, 0.15) is 27.7 Å². The largest absolute Gasteiger partial charge is 0.445 e. The van der Waals surface area contributed by atoms with Crippen LogP contribution in [0, 0.1) is 17.8 Å². The third-order valence-corrected chi connectivity index (χ3v) is 17.2. The molecule has 2 aromatic carbocycles. The highest BCUT2D eigenvalue weighted by Crippen LogP contribution is 2.31. The lowest BCUT2D eigenvalue weighted by Crippen LogP contribution is -2.56. The van der Waals surface area contributed by atoms with Crippen molar-refractivity contribution in [2.24, 2.45) is 17.8 Å². The van der Waals surface area contributed by atoms with Crippen LogP contribution >= 0.6 is 31.9 Å². The van der Waals surface area contributed by atoms with Gasteiger partial charge in [0.25, 0.3) is 11.8 Å². The number of anilines is 1. The summed E-state index contributed by atoms with van der Waals surface area (Å²) < 4.78 is 17.9. The number of nitrogens with one attached hydrogen (secondary N) is 5. The maximum Gasteiger partial charge on any atom is 0.410 e. The minimum atomic E-state index is -1.02. The maximum absolute atomic E-state index is 14.3. The van der Waals surface area contributed by atoms with E-state index in [4.69, 9.17) is 14.2 Å². The average molecular weight is 1290 g/mol. The van der Waals surface area contributed by atoms with Crippen molar-refractivity contribution in [3.8, 4) is 0 Å². The topological polar surface area (TPSA) is 272 Å². The second kappa shape index (κ2) is 33.9. The van der Waals surface area contributed by atoms with Crippen LogP contribution in [0.25, 0.3) is 0 Å². The molecule has 2 aromatic rings. The summed E-state index contributed by atoms with van der Waals surface area (Å²) in [5.41, 5.74) is 2.08. The number of likely N-dealkylation sites (N-methyl/N-ethyl adjacent to an activating group) is 2. The molecular weight excluding hydrogens is 1200 g/mol. The first-order valence-electron chi connectivity index (χ1n) is 28.3. The SMILES string of the molecule is CC[C@@H](C)[C@@H]([C@@H](CC(=O)N1CCC[C@H]1[C@H](OC)[C@@H](C)C(=O)N[C@@H](C)Cc1ccccc1)OC)N(C)C(=O)CNC(=O)C(C(C)C)N(C)C(=O)OCc1ccc(NC(=O)[C@@H](C)NC(=O)CNC(=O)CCCCCN2C(=O)C(Br)=C(Br)C2=O)cc1.